The third kappa shape index (κ3) is 5.84. The molecule has 2 aromatic carbocycles. The van der Waals surface area contributed by atoms with Crippen LogP contribution in [0, 0.1) is 0 Å². The van der Waals surface area contributed by atoms with Crippen molar-refractivity contribution in [2.45, 2.75) is 45.4 Å². The summed E-state index contributed by atoms with van der Waals surface area (Å²) in [5.74, 6) is -0.0397. The topological polar surface area (TPSA) is 93.7 Å². The van der Waals surface area contributed by atoms with E-state index in [0.29, 0.717) is 29.2 Å². The van der Waals surface area contributed by atoms with E-state index in [4.69, 9.17) is 9.47 Å². The van der Waals surface area contributed by atoms with Crippen LogP contribution in [0.3, 0.4) is 0 Å². The average molecular weight is 424 g/mol. The van der Waals surface area contributed by atoms with Crippen molar-refractivity contribution >= 4 is 17.6 Å². The smallest absolute Gasteiger partial charge is 0.269 e. The van der Waals surface area contributed by atoms with Gasteiger partial charge in [0.15, 0.2) is 17.3 Å². The third-order valence-corrected chi connectivity index (χ3v) is 5.29. The Morgan fingerprint density at radius 2 is 1.61 bits per heavy atom. The lowest BCUT2D eigenvalue weighted by molar-refractivity contribution is -0.121. The van der Waals surface area contributed by atoms with Gasteiger partial charge in [-0.15, -0.1) is 0 Å². The maximum Gasteiger partial charge on any atom is 0.269 e. The number of hydrazine groups is 1. The van der Waals surface area contributed by atoms with E-state index in [2.05, 4.69) is 10.9 Å². The Bertz CT molecular complexity index is 970. The maximum absolute atomic E-state index is 12.5. The molecule has 0 radical (unpaired) electrons. The highest BCUT2D eigenvalue weighted by molar-refractivity contribution is 5.99. The van der Waals surface area contributed by atoms with Gasteiger partial charge in [-0.1, -0.05) is 12.1 Å². The number of nitrogens with one attached hydrogen (secondary N) is 2. The van der Waals surface area contributed by atoms with E-state index in [1.165, 1.54) is 30.7 Å². The van der Waals surface area contributed by atoms with E-state index in [9.17, 15) is 14.4 Å². The predicted molar refractivity (Wildman–Crippen MR) is 116 cm³/mol. The standard InChI is InChI=1S/C24H28N2O5/c1-3-31-21-12-10-19(15-22(21)30-2)24(29)26-25-23(28)13-11-20(27)18-9-8-16-6-4-5-7-17(16)14-18/h8-10,12,14-15H,3-7,11,13H2,1-2H3,(H,25,28)(H,26,29). The Kier molecular flexibility index (Phi) is 7.65. The molecule has 0 spiro atoms. The summed E-state index contributed by atoms with van der Waals surface area (Å²) in [7, 11) is 1.49. The average Bonchev–Trinajstić information content (AvgIpc) is 2.81. The van der Waals surface area contributed by atoms with Crippen LogP contribution in [-0.2, 0) is 17.6 Å². The fourth-order valence-electron chi connectivity index (χ4n) is 3.62. The van der Waals surface area contributed by atoms with Crippen molar-refractivity contribution in [3.8, 4) is 11.5 Å². The van der Waals surface area contributed by atoms with Crippen molar-refractivity contribution in [3.05, 3.63) is 58.7 Å². The van der Waals surface area contributed by atoms with Crippen molar-refractivity contribution in [2.75, 3.05) is 13.7 Å². The van der Waals surface area contributed by atoms with Gasteiger partial charge in [0.25, 0.3) is 5.91 Å². The highest BCUT2D eigenvalue weighted by atomic mass is 16.5. The second-order valence-electron chi connectivity index (χ2n) is 7.41. The summed E-state index contributed by atoms with van der Waals surface area (Å²) in [6, 6.07) is 10.6. The van der Waals surface area contributed by atoms with Crippen LogP contribution in [0.15, 0.2) is 36.4 Å². The zero-order valence-electron chi connectivity index (χ0n) is 18.0. The molecule has 0 fully saturated rings. The fraction of sp³-hybridized carbons (Fsp3) is 0.375. The minimum absolute atomic E-state index is 0.0111. The minimum atomic E-state index is -0.490. The number of Topliss-reactive ketones (excluding diaryl/α,β-unsaturated/α-hetero) is 1. The minimum Gasteiger partial charge on any atom is -0.493 e. The van der Waals surface area contributed by atoms with Crippen LogP contribution in [-0.4, -0.2) is 31.3 Å². The van der Waals surface area contributed by atoms with Gasteiger partial charge < -0.3 is 9.47 Å². The lowest BCUT2D eigenvalue weighted by Gasteiger charge is -2.16. The summed E-state index contributed by atoms with van der Waals surface area (Å²) in [6.07, 6.45) is 4.47. The Labute approximate surface area is 182 Å². The van der Waals surface area contributed by atoms with Gasteiger partial charge in [-0.2, -0.15) is 0 Å². The van der Waals surface area contributed by atoms with Crippen LogP contribution in [0.4, 0.5) is 0 Å². The van der Waals surface area contributed by atoms with Crippen LogP contribution in [0.2, 0.25) is 0 Å². The summed E-state index contributed by atoms with van der Waals surface area (Å²) in [5, 5.41) is 0. The van der Waals surface area contributed by atoms with Gasteiger partial charge in [0.1, 0.15) is 0 Å². The fourth-order valence-corrected chi connectivity index (χ4v) is 3.62. The summed E-state index contributed by atoms with van der Waals surface area (Å²) in [4.78, 5) is 36.8. The van der Waals surface area contributed by atoms with Crippen molar-refractivity contribution in [2.24, 2.45) is 0 Å². The summed E-state index contributed by atoms with van der Waals surface area (Å²) in [5.41, 5.74) is 8.21. The lowest BCUT2D eigenvalue weighted by atomic mass is 9.89. The largest absolute Gasteiger partial charge is 0.493 e. The van der Waals surface area contributed by atoms with Crippen molar-refractivity contribution < 1.29 is 23.9 Å². The third-order valence-electron chi connectivity index (χ3n) is 5.29. The number of benzene rings is 2. The second kappa shape index (κ2) is 10.6. The van der Waals surface area contributed by atoms with Crippen molar-refractivity contribution in [1.82, 2.24) is 10.9 Å². The molecule has 164 valence electrons. The molecule has 2 amide bonds. The first-order valence-corrected chi connectivity index (χ1v) is 10.6. The molecular weight excluding hydrogens is 396 g/mol. The number of hydrogen-bond donors (Lipinski definition) is 2. The first-order valence-electron chi connectivity index (χ1n) is 10.6. The van der Waals surface area contributed by atoms with E-state index in [0.717, 1.165) is 19.3 Å². The number of rotatable bonds is 8. The highest BCUT2D eigenvalue weighted by Gasteiger charge is 2.15. The van der Waals surface area contributed by atoms with Crippen molar-refractivity contribution in [3.63, 3.8) is 0 Å². The molecule has 0 heterocycles. The van der Waals surface area contributed by atoms with Crippen LogP contribution in [0.1, 0.15) is 64.4 Å². The highest BCUT2D eigenvalue weighted by Crippen LogP contribution is 2.28. The Balaban J connectivity index is 1.49. The quantitative estimate of drug-likeness (QED) is 0.500. The number of amides is 2. The van der Waals surface area contributed by atoms with Gasteiger partial charge in [-0.05, 0) is 68.0 Å². The maximum atomic E-state index is 12.5. The number of methoxy groups -OCH3 is 1. The molecule has 0 saturated carbocycles. The molecule has 2 aromatic rings. The number of ketones is 1. The Morgan fingerprint density at radius 3 is 2.35 bits per heavy atom. The van der Waals surface area contributed by atoms with E-state index in [-0.39, 0.29) is 18.6 Å². The number of aryl methyl sites for hydroxylation is 2. The molecule has 3 rings (SSSR count). The number of carbonyl (C=O) groups excluding carboxylic acids is 3. The molecular formula is C24H28N2O5. The lowest BCUT2D eigenvalue weighted by Crippen LogP contribution is -2.41. The number of fused-ring (bicyclic) bond motifs is 1. The molecule has 0 aromatic heterocycles. The van der Waals surface area contributed by atoms with Gasteiger partial charge in [0.05, 0.1) is 13.7 Å². The van der Waals surface area contributed by atoms with E-state index in [1.54, 1.807) is 12.1 Å². The van der Waals surface area contributed by atoms with Crippen LogP contribution in [0.5, 0.6) is 11.5 Å². The number of carbonyl (C=O) groups is 3. The molecule has 0 atom stereocenters. The molecule has 2 N–H and O–H groups in total. The van der Waals surface area contributed by atoms with E-state index < -0.39 is 11.8 Å². The molecule has 7 heteroatoms. The Morgan fingerprint density at radius 1 is 0.871 bits per heavy atom. The van der Waals surface area contributed by atoms with Crippen molar-refractivity contribution in [1.29, 1.82) is 0 Å². The molecule has 0 bridgehead atoms. The second-order valence-corrected chi connectivity index (χ2v) is 7.41. The SMILES string of the molecule is CCOc1ccc(C(=O)NNC(=O)CCC(=O)c2ccc3c(c2)CCCC3)cc1OC. The van der Waals surface area contributed by atoms with Gasteiger partial charge in [0, 0.05) is 24.0 Å². The molecule has 31 heavy (non-hydrogen) atoms. The van der Waals surface area contributed by atoms with Gasteiger partial charge in [-0.25, -0.2) is 0 Å². The predicted octanol–water partition coefficient (Wildman–Crippen LogP) is 3.40. The van der Waals surface area contributed by atoms with Gasteiger partial charge >= 0.3 is 0 Å². The zero-order valence-corrected chi connectivity index (χ0v) is 18.0. The summed E-state index contributed by atoms with van der Waals surface area (Å²) in [6.45, 7) is 2.33. The van der Waals surface area contributed by atoms with Gasteiger partial charge in [0.2, 0.25) is 5.91 Å². The molecule has 0 saturated heterocycles. The van der Waals surface area contributed by atoms with E-state index in [1.807, 2.05) is 25.1 Å². The van der Waals surface area contributed by atoms with Gasteiger partial charge in [-0.3, -0.25) is 25.2 Å². The van der Waals surface area contributed by atoms with Crippen LogP contribution < -0.4 is 20.3 Å². The Hall–Kier alpha value is -3.35. The molecule has 1 aliphatic carbocycles. The molecule has 0 aliphatic heterocycles. The number of ether oxygens (including phenoxy) is 2. The molecule has 0 unspecified atom stereocenters. The first-order chi connectivity index (χ1) is 15.0. The molecule has 7 nitrogen and oxygen atoms in total. The normalized spacial score (nSPS) is 12.5. The van der Waals surface area contributed by atoms with Crippen LogP contribution >= 0.6 is 0 Å². The van der Waals surface area contributed by atoms with Crippen LogP contribution in [0.25, 0.3) is 0 Å². The first kappa shape index (κ1) is 22.3. The monoisotopic (exact) mass is 424 g/mol. The summed E-state index contributed by atoms with van der Waals surface area (Å²) < 4.78 is 10.6. The number of hydrogen-bond acceptors (Lipinski definition) is 5. The molecule has 1 aliphatic rings. The summed E-state index contributed by atoms with van der Waals surface area (Å²) >= 11 is 0. The zero-order chi connectivity index (χ0) is 22.2. The van der Waals surface area contributed by atoms with E-state index >= 15 is 0 Å².